The Kier molecular flexibility index (Phi) is 8.36. The lowest BCUT2D eigenvalue weighted by Crippen LogP contribution is -2.81. The summed E-state index contributed by atoms with van der Waals surface area (Å²) in [6.45, 7) is 3.39. The molecule has 2 atom stereocenters. The van der Waals surface area contributed by atoms with E-state index in [1.807, 2.05) is 36.4 Å². The van der Waals surface area contributed by atoms with Crippen molar-refractivity contribution < 1.29 is 33.7 Å². The van der Waals surface area contributed by atoms with Crippen molar-refractivity contribution in [2.24, 2.45) is 0 Å². The van der Waals surface area contributed by atoms with E-state index in [1.54, 1.807) is 24.3 Å². The Bertz CT molecular complexity index is 1860. The van der Waals surface area contributed by atoms with Crippen LogP contribution in [-0.2, 0) is 0 Å². The van der Waals surface area contributed by atoms with E-state index in [-0.39, 0.29) is 18.1 Å². The number of aromatic amines is 1. The Morgan fingerprint density at radius 2 is 1.67 bits per heavy atom. The molecule has 1 amide bonds. The van der Waals surface area contributed by atoms with Gasteiger partial charge in [-0.1, -0.05) is 24.3 Å². The average molecular weight is 625 g/mol. The van der Waals surface area contributed by atoms with Gasteiger partial charge in [0.2, 0.25) is 5.82 Å². The highest BCUT2D eigenvalue weighted by molar-refractivity contribution is 6.05. The maximum absolute atomic E-state index is 14.3. The molecule has 0 bridgehead atoms. The van der Waals surface area contributed by atoms with Crippen LogP contribution in [0.1, 0.15) is 23.2 Å². The topological polar surface area (TPSA) is 134 Å². The standard InChI is InChI=1S/C34H31F2N7O3/c35-29-7-4-21(16-30(29)36)27-15-23(5-8-31(27)45-25-10-12-37-18-25)34(44)39-24-6-9-32(46-26-11-13-38-19-26)28(17-24)20-2-1-3-22(14-20)33-40-42-43-41-33/h1-9,14-17,25-26,37-38H,10-13,18-19H2,(H,39,44)(H,40,41,42,43)/q+1/p+1/t25-,26+/m0/s1. The van der Waals surface area contributed by atoms with Crippen molar-refractivity contribution >= 4 is 11.6 Å². The number of amides is 1. The van der Waals surface area contributed by atoms with E-state index in [1.165, 1.54) is 6.07 Å². The molecule has 2 aliphatic heterocycles. The number of halogens is 2. The van der Waals surface area contributed by atoms with Gasteiger partial charge in [0.05, 0.1) is 6.54 Å². The molecule has 0 unspecified atom stereocenters. The summed E-state index contributed by atoms with van der Waals surface area (Å²) >= 11 is 0. The molecule has 2 saturated heterocycles. The first-order valence-electron chi connectivity index (χ1n) is 15.2. The molecule has 4 aromatic carbocycles. The number of benzene rings is 4. The van der Waals surface area contributed by atoms with Crippen LogP contribution in [0.5, 0.6) is 11.5 Å². The first-order valence-corrected chi connectivity index (χ1v) is 15.2. The highest BCUT2D eigenvalue weighted by Gasteiger charge is 2.25. The number of hydrogen-bond acceptors (Lipinski definition) is 7. The van der Waals surface area contributed by atoms with Crippen LogP contribution >= 0.6 is 0 Å². The number of nitrogens with two attached hydrogens (primary N) is 1. The Labute approximate surface area is 263 Å². The van der Waals surface area contributed by atoms with Crippen LogP contribution in [0.25, 0.3) is 33.6 Å². The van der Waals surface area contributed by atoms with Gasteiger partial charge in [-0.25, -0.2) is 8.78 Å². The predicted octanol–water partition coefficient (Wildman–Crippen LogP) is 2.95. The van der Waals surface area contributed by atoms with Gasteiger partial charge in [-0.15, -0.1) is 10.2 Å². The highest BCUT2D eigenvalue weighted by atomic mass is 19.2. The van der Waals surface area contributed by atoms with Crippen LogP contribution in [0, 0.1) is 11.6 Å². The molecule has 46 heavy (non-hydrogen) atoms. The Morgan fingerprint density at radius 3 is 2.43 bits per heavy atom. The maximum Gasteiger partial charge on any atom is 0.255 e. The minimum atomic E-state index is -0.977. The minimum Gasteiger partial charge on any atom is -0.484 e. The number of carbonyl (C=O) groups is 1. The molecule has 233 valence electrons. The zero-order chi connectivity index (χ0) is 31.5. The molecule has 2 aliphatic rings. The van der Waals surface area contributed by atoms with Gasteiger partial charge >= 0.3 is 0 Å². The number of H-pyrrole nitrogens is 1. The van der Waals surface area contributed by atoms with E-state index in [0.29, 0.717) is 46.2 Å². The number of aromatic nitrogens is 4. The molecular weight excluding hydrogens is 592 g/mol. The van der Waals surface area contributed by atoms with Gasteiger partial charge in [0.25, 0.3) is 5.91 Å². The van der Waals surface area contributed by atoms with Crippen molar-refractivity contribution in [1.82, 2.24) is 20.6 Å². The number of tetrazole rings is 1. The molecule has 0 saturated carbocycles. The van der Waals surface area contributed by atoms with E-state index >= 15 is 0 Å². The third kappa shape index (κ3) is 6.44. The van der Waals surface area contributed by atoms with Crippen LogP contribution in [0.3, 0.4) is 0 Å². The van der Waals surface area contributed by atoms with Crippen LogP contribution in [0.2, 0.25) is 0 Å². The van der Waals surface area contributed by atoms with Crippen molar-refractivity contribution in [3.63, 3.8) is 0 Å². The van der Waals surface area contributed by atoms with E-state index in [4.69, 9.17) is 9.47 Å². The fraction of sp³-hybridized carbons (Fsp3) is 0.235. The Morgan fingerprint density at radius 1 is 0.870 bits per heavy atom. The molecule has 5 N–H and O–H groups in total. The van der Waals surface area contributed by atoms with Crippen molar-refractivity contribution in [2.45, 2.75) is 25.0 Å². The molecule has 3 heterocycles. The maximum atomic E-state index is 14.3. The van der Waals surface area contributed by atoms with Crippen LogP contribution in [0.4, 0.5) is 14.5 Å². The number of carbonyl (C=O) groups excluding carboxylic acids is 1. The van der Waals surface area contributed by atoms with E-state index in [2.05, 4.69) is 36.6 Å². The number of hydrogen-bond donors (Lipinski definition) is 4. The number of rotatable bonds is 9. The summed E-state index contributed by atoms with van der Waals surface area (Å²) in [5.41, 5.74) is 4.23. The van der Waals surface area contributed by atoms with Crippen LogP contribution in [-0.4, -0.2) is 64.9 Å². The summed E-state index contributed by atoms with van der Waals surface area (Å²) < 4.78 is 40.7. The average Bonchev–Trinajstić information content (AvgIpc) is 3.89. The molecule has 0 spiro atoms. The zero-order valence-electron chi connectivity index (χ0n) is 24.8. The van der Waals surface area contributed by atoms with E-state index in [0.717, 1.165) is 61.3 Å². The van der Waals surface area contributed by atoms with Crippen LogP contribution in [0.15, 0.2) is 78.9 Å². The van der Waals surface area contributed by atoms with Gasteiger partial charge in [-0.05, 0) is 70.9 Å². The van der Waals surface area contributed by atoms with Gasteiger partial charge in [0.1, 0.15) is 24.6 Å². The predicted molar refractivity (Wildman–Crippen MR) is 165 cm³/mol. The van der Waals surface area contributed by atoms with Crippen molar-refractivity contribution in [3.05, 3.63) is 96.1 Å². The minimum absolute atomic E-state index is 0.0661. The fourth-order valence-corrected chi connectivity index (χ4v) is 5.83. The SMILES string of the molecule is O=C(Nc1ccc(O[C@@H]2CC[NH2+]C2)c(-c2cccc(-c3nn[nH]n3)c2)c1)c1ccc(O[C@H]2CC[NH+]C2)c(-c2ccc(F)c(F)c2)c1. The lowest BCUT2D eigenvalue weighted by Gasteiger charge is -2.18. The molecular formula is C34H32F2N7O3+2. The summed E-state index contributed by atoms with van der Waals surface area (Å²) in [7, 11) is 0. The van der Waals surface area contributed by atoms with Gasteiger partial charge < -0.3 is 20.1 Å². The monoisotopic (exact) mass is 624 g/mol. The third-order valence-electron chi connectivity index (χ3n) is 8.21. The quantitative estimate of drug-likeness (QED) is 0.199. The van der Waals surface area contributed by atoms with E-state index in [9.17, 15) is 13.6 Å². The molecule has 1 aromatic heterocycles. The molecule has 0 aliphatic carbocycles. The largest absolute Gasteiger partial charge is 0.484 e. The fourth-order valence-electron chi connectivity index (χ4n) is 5.83. The smallest absolute Gasteiger partial charge is 0.255 e. The summed E-state index contributed by atoms with van der Waals surface area (Å²) in [5, 5.41) is 22.8. The third-order valence-corrected chi connectivity index (χ3v) is 8.21. The zero-order valence-corrected chi connectivity index (χ0v) is 24.8. The van der Waals surface area contributed by atoms with Gasteiger partial charge in [-0.2, -0.15) is 10.5 Å². The molecule has 7 rings (SSSR count). The summed E-state index contributed by atoms with van der Waals surface area (Å²) in [4.78, 5) is 13.6. The van der Waals surface area contributed by atoms with E-state index < -0.39 is 11.6 Å². The molecule has 2 fully saturated rings. The normalized spacial score (nSPS) is 17.6. The molecule has 12 heteroatoms. The number of quaternary nitrogens is 1. The number of nitrogens with one attached hydrogen (secondary N) is 3. The molecule has 1 radical (unpaired) electrons. The van der Waals surface area contributed by atoms with Crippen molar-refractivity contribution in [2.75, 3.05) is 31.5 Å². The van der Waals surface area contributed by atoms with Gasteiger partial charge in [-0.3, -0.25) is 4.79 Å². The summed E-state index contributed by atoms with van der Waals surface area (Å²) in [5.74, 6) is -0.638. The number of anilines is 1. The van der Waals surface area contributed by atoms with Crippen molar-refractivity contribution in [3.8, 4) is 45.1 Å². The number of ether oxygens (including phenoxy) is 2. The lowest BCUT2D eigenvalue weighted by molar-refractivity contribution is -0.638. The second-order valence-corrected chi connectivity index (χ2v) is 11.4. The Hall–Kier alpha value is -5.20. The summed E-state index contributed by atoms with van der Waals surface area (Å²) in [6, 6.07) is 21.9. The highest BCUT2D eigenvalue weighted by Crippen LogP contribution is 2.37. The first kappa shape index (κ1) is 29.5. The number of nitrogens with zero attached hydrogens (tertiary/aromatic N) is 3. The van der Waals surface area contributed by atoms with Gasteiger partial charge in [0.15, 0.2) is 30.4 Å². The Balaban J connectivity index is 1.20. The second-order valence-electron chi connectivity index (χ2n) is 11.4. The molecule has 5 aromatic rings. The molecule has 10 nitrogen and oxygen atoms in total. The summed E-state index contributed by atoms with van der Waals surface area (Å²) in [6.07, 6.45) is 1.77. The first-order chi connectivity index (χ1) is 22.5. The van der Waals surface area contributed by atoms with Gasteiger partial charge in [0, 0.05) is 40.8 Å². The second kappa shape index (κ2) is 13.0. The van der Waals surface area contributed by atoms with Crippen LogP contribution < -0.4 is 25.4 Å². The lowest BCUT2D eigenvalue weighted by atomic mass is 10.00. The van der Waals surface area contributed by atoms with Crippen molar-refractivity contribution in [1.29, 1.82) is 0 Å².